The molecule has 2 N–H and O–H groups in total. The van der Waals surface area contributed by atoms with Crippen molar-refractivity contribution in [3.63, 3.8) is 0 Å². The van der Waals surface area contributed by atoms with Gasteiger partial charge in [0.05, 0.1) is 6.10 Å². The molecule has 2 aliphatic rings. The fourth-order valence-electron chi connectivity index (χ4n) is 2.26. The standard InChI is InChI=1S/C11H22N2O/c1-14-11-4-2-3-10(11)13-8-7-12-9-5-6-9/h9-13H,2-8H2,1H3. The monoisotopic (exact) mass is 198 g/mol. The fourth-order valence-corrected chi connectivity index (χ4v) is 2.26. The molecule has 2 fully saturated rings. The summed E-state index contributed by atoms with van der Waals surface area (Å²) in [5.74, 6) is 0. The van der Waals surface area contributed by atoms with E-state index in [1.165, 1.54) is 32.1 Å². The van der Waals surface area contributed by atoms with Crippen LogP contribution in [-0.2, 0) is 4.74 Å². The Morgan fingerprint density at radius 2 is 1.86 bits per heavy atom. The zero-order chi connectivity index (χ0) is 9.80. The van der Waals surface area contributed by atoms with E-state index in [4.69, 9.17) is 4.74 Å². The van der Waals surface area contributed by atoms with E-state index in [-0.39, 0.29) is 0 Å². The molecule has 2 aliphatic carbocycles. The average molecular weight is 198 g/mol. The van der Waals surface area contributed by atoms with Gasteiger partial charge in [-0.05, 0) is 32.1 Å². The first-order valence-electron chi connectivity index (χ1n) is 5.89. The largest absolute Gasteiger partial charge is 0.380 e. The van der Waals surface area contributed by atoms with Crippen molar-refractivity contribution < 1.29 is 4.74 Å². The number of hydrogen-bond acceptors (Lipinski definition) is 3. The van der Waals surface area contributed by atoms with Crippen molar-refractivity contribution in [2.75, 3.05) is 20.2 Å². The maximum Gasteiger partial charge on any atom is 0.0724 e. The Morgan fingerprint density at radius 1 is 1.07 bits per heavy atom. The molecule has 0 radical (unpaired) electrons. The maximum atomic E-state index is 5.43. The minimum atomic E-state index is 0.455. The highest BCUT2D eigenvalue weighted by atomic mass is 16.5. The summed E-state index contributed by atoms with van der Waals surface area (Å²) in [5.41, 5.74) is 0. The van der Waals surface area contributed by atoms with Crippen molar-refractivity contribution in [3.05, 3.63) is 0 Å². The molecular weight excluding hydrogens is 176 g/mol. The van der Waals surface area contributed by atoms with Crippen LogP contribution in [0.1, 0.15) is 32.1 Å². The van der Waals surface area contributed by atoms with Crippen molar-refractivity contribution >= 4 is 0 Å². The quantitative estimate of drug-likeness (QED) is 0.622. The zero-order valence-electron chi connectivity index (χ0n) is 9.09. The summed E-state index contributed by atoms with van der Waals surface area (Å²) in [5, 5.41) is 7.09. The molecule has 0 saturated heterocycles. The number of nitrogens with one attached hydrogen (secondary N) is 2. The van der Waals surface area contributed by atoms with Crippen LogP contribution in [0.4, 0.5) is 0 Å². The number of rotatable bonds is 6. The molecule has 0 bridgehead atoms. The van der Waals surface area contributed by atoms with E-state index >= 15 is 0 Å². The van der Waals surface area contributed by atoms with E-state index < -0.39 is 0 Å². The van der Waals surface area contributed by atoms with Crippen molar-refractivity contribution in [1.82, 2.24) is 10.6 Å². The third kappa shape index (κ3) is 2.94. The molecule has 0 aromatic carbocycles. The summed E-state index contributed by atoms with van der Waals surface area (Å²) < 4.78 is 5.43. The molecule has 0 aromatic heterocycles. The third-order valence-electron chi connectivity index (χ3n) is 3.30. The second-order valence-electron chi connectivity index (χ2n) is 4.49. The minimum Gasteiger partial charge on any atom is -0.380 e. The van der Waals surface area contributed by atoms with Crippen LogP contribution in [0.15, 0.2) is 0 Å². The van der Waals surface area contributed by atoms with Crippen molar-refractivity contribution in [2.24, 2.45) is 0 Å². The first kappa shape index (κ1) is 10.4. The lowest BCUT2D eigenvalue weighted by molar-refractivity contribution is 0.0854. The van der Waals surface area contributed by atoms with Gasteiger partial charge in [0.2, 0.25) is 0 Å². The van der Waals surface area contributed by atoms with Gasteiger partial charge in [0.15, 0.2) is 0 Å². The molecule has 0 heterocycles. The first-order chi connectivity index (χ1) is 6.90. The van der Waals surface area contributed by atoms with Crippen molar-refractivity contribution in [2.45, 2.75) is 50.3 Å². The van der Waals surface area contributed by atoms with Gasteiger partial charge in [0.25, 0.3) is 0 Å². The molecule has 2 rings (SSSR count). The van der Waals surface area contributed by atoms with Crippen LogP contribution in [0.5, 0.6) is 0 Å². The van der Waals surface area contributed by atoms with Crippen LogP contribution in [0.2, 0.25) is 0 Å². The Labute approximate surface area is 86.6 Å². The lowest BCUT2D eigenvalue weighted by Gasteiger charge is -2.19. The van der Waals surface area contributed by atoms with Gasteiger partial charge in [-0.15, -0.1) is 0 Å². The Morgan fingerprint density at radius 3 is 2.57 bits per heavy atom. The Hall–Kier alpha value is -0.120. The SMILES string of the molecule is COC1CCCC1NCCNC1CC1. The van der Waals surface area contributed by atoms with Crippen LogP contribution in [0, 0.1) is 0 Å². The lowest BCUT2D eigenvalue weighted by atomic mass is 10.2. The highest BCUT2D eigenvalue weighted by Gasteiger charge is 2.26. The zero-order valence-corrected chi connectivity index (χ0v) is 9.09. The molecule has 2 saturated carbocycles. The summed E-state index contributed by atoms with van der Waals surface area (Å²) in [6.07, 6.45) is 7.03. The van der Waals surface area contributed by atoms with Gasteiger partial charge in [-0.3, -0.25) is 0 Å². The molecule has 82 valence electrons. The van der Waals surface area contributed by atoms with Crippen LogP contribution >= 0.6 is 0 Å². The second-order valence-corrected chi connectivity index (χ2v) is 4.49. The van der Waals surface area contributed by atoms with Gasteiger partial charge in [-0.2, -0.15) is 0 Å². The van der Waals surface area contributed by atoms with E-state index in [1.54, 1.807) is 0 Å². The van der Waals surface area contributed by atoms with E-state index in [0.29, 0.717) is 12.1 Å². The smallest absolute Gasteiger partial charge is 0.0724 e. The Kier molecular flexibility index (Phi) is 3.79. The molecule has 0 spiro atoms. The minimum absolute atomic E-state index is 0.455. The highest BCUT2D eigenvalue weighted by molar-refractivity contribution is 4.85. The predicted molar refractivity (Wildman–Crippen MR) is 57.5 cm³/mol. The first-order valence-corrected chi connectivity index (χ1v) is 5.89. The normalized spacial score (nSPS) is 32.4. The predicted octanol–water partition coefficient (Wildman–Crippen LogP) is 0.895. The Balaban J connectivity index is 1.54. The highest BCUT2D eigenvalue weighted by Crippen LogP contribution is 2.21. The van der Waals surface area contributed by atoms with E-state index in [9.17, 15) is 0 Å². The van der Waals surface area contributed by atoms with Gasteiger partial charge in [-0.1, -0.05) is 0 Å². The maximum absolute atomic E-state index is 5.43. The Bertz CT molecular complexity index is 171. The van der Waals surface area contributed by atoms with Gasteiger partial charge in [0, 0.05) is 32.3 Å². The lowest BCUT2D eigenvalue weighted by Crippen LogP contribution is -2.40. The number of methoxy groups -OCH3 is 1. The second kappa shape index (κ2) is 5.10. The molecule has 2 atom stereocenters. The van der Waals surface area contributed by atoms with E-state index in [0.717, 1.165) is 19.1 Å². The van der Waals surface area contributed by atoms with Crippen LogP contribution in [-0.4, -0.2) is 38.4 Å². The summed E-state index contributed by atoms with van der Waals surface area (Å²) in [6, 6.07) is 1.43. The molecule has 0 aliphatic heterocycles. The third-order valence-corrected chi connectivity index (χ3v) is 3.30. The fraction of sp³-hybridized carbons (Fsp3) is 1.00. The molecule has 0 amide bonds. The summed E-state index contributed by atoms with van der Waals surface area (Å²) in [4.78, 5) is 0. The molecule has 0 aromatic rings. The summed E-state index contributed by atoms with van der Waals surface area (Å²) >= 11 is 0. The van der Waals surface area contributed by atoms with Crippen molar-refractivity contribution in [3.8, 4) is 0 Å². The molecular formula is C11H22N2O. The van der Waals surface area contributed by atoms with Crippen LogP contribution in [0.3, 0.4) is 0 Å². The summed E-state index contributed by atoms with van der Waals surface area (Å²) in [7, 11) is 1.83. The van der Waals surface area contributed by atoms with Gasteiger partial charge < -0.3 is 15.4 Å². The summed E-state index contributed by atoms with van der Waals surface area (Å²) in [6.45, 7) is 2.19. The molecule has 3 heteroatoms. The van der Waals surface area contributed by atoms with Gasteiger partial charge in [0.1, 0.15) is 0 Å². The van der Waals surface area contributed by atoms with E-state index in [1.807, 2.05) is 7.11 Å². The topological polar surface area (TPSA) is 33.3 Å². The number of ether oxygens (including phenoxy) is 1. The van der Waals surface area contributed by atoms with Gasteiger partial charge >= 0.3 is 0 Å². The van der Waals surface area contributed by atoms with Crippen LogP contribution < -0.4 is 10.6 Å². The molecule has 14 heavy (non-hydrogen) atoms. The number of hydrogen-bond donors (Lipinski definition) is 2. The average Bonchev–Trinajstić information content (AvgIpc) is 2.91. The molecule has 3 nitrogen and oxygen atoms in total. The van der Waals surface area contributed by atoms with Crippen molar-refractivity contribution in [1.29, 1.82) is 0 Å². The van der Waals surface area contributed by atoms with Crippen LogP contribution in [0.25, 0.3) is 0 Å². The van der Waals surface area contributed by atoms with Gasteiger partial charge in [-0.25, -0.2) is 0 Å². The van der Waals surface area contributed by atoms with E-state index in [2.05, 4.69) is 10.6 Å². The molecule has 2 unspecified atom stereocenters.